The normalized spacial score (nSPS) is 10.2. The van der Waals surface area contributed by atoms with E-state index in [1.54, 1.807) is 0 Å². The molecule has 0 aliphatic heterocycles. The van der Waals surface area contributed by atoms with Gasteiger partial charge in [-0.05, 0) is 24.3 Å². The Morgan fingerprint density at radius 3 is 2.59 bits per heavy atom. The molecule has 0 bridgehead atoms. The van der Waals surface area contributed by atoms with E-state index < -0.39 is 0 Å². The molecule has 0 radical (unpaired) electrons. The Kier molecular flexibility index (Phi) is 3.03. The fourth-order valence-corrected chi connectivity index (χ4v) is 1.40. The molecule has 2 rings (SSSR count). The zero-order valence-corrected chi connectivity index (χ0v) is 9.36. The second-order valence-electron chi connectivity index (χ2n) is 3.33. The Labute approximate surface area is 96.6 Å². The lowest BCUT2D eigenvalue weighted by Crippen LogP contribution is -2.09. The SMILES string of the molecule is Cc1nc(-n2cnnn2)nc(C)c1COC=O. The monoisotopic (exact) mass is 234 g/mol. The van der Waals surface area contributed by atoms with Crippen LogP contribution in [0.4, 0.5) is 0 Å². The summed E-state index contributed by atoms with van der Waals surface area (Å²) >= 11 is 0. The van der Waals surface area contributed by atoms with E-state index in [0.717, 1.165) is 17.0 Å². The highest BCUT2D eigenvalue weighted by Crippen LogP contribution is 2.12. The van der Waals surface area contributed by atoms with Crippen LogP contribution in [0, 0.1) is 13.8 Å². The molecule has 0 saturated heterocycles. The molecule has 8 heteroatoms. The predicted molar refractivity (Wildman–Crippen MR) is 55.1 cm³/mol. The number of hydrogen-bond donors (Lipinski definition) is 0. The van der Waals surface area contributed by atoms with E-state index in [1.165, 1.54) is 11.0 Å². The number of aromatic nitrogens is 6. The second kappa shape index (κ2) is 4.64. The lowest BCUT2D eigenvalue weighted by Gasteiger charge is -2.08. The van der Waals surface area contributed by atoms with Gasteiger partial charge in [-0.25, -0.2) is 9.97 Å². The number of carbonyl (C=O) groups excluding carboxylic acids is 1. The van der Waals surface area contributed by atoms with Crippen molar-refractivity contribution in [1.82, 2.24) is 30.2 Å². The smallest absolute Gasteiger partial charge is 0.293 e. The van der Waals surface area contributed by atoms with Crippen molar-refractivity contribution in [1.29, 1.82) is 0 Å². The number of tetrazole rings is 1. The number of rotatable bonds is 4. The van der Waals surface area contributed by atoms with Gasteiger partial charge in [0.25, 0.3) is 12.4 Å². The van der Waals surface area contributed by atoms with Crippen molar-refractivity contribution in [3.63, 3.8) is 0 Å². The van der Waals surface area contributed by atoms with E-state index >= 15 is 0 Å². The zero-order valence-electron chi connectivity index (χ0n) is 9.36. The van der Waals surface area contributed by atoms with Crippen LogP contribution in [-0.4, -0.2) is 36.6 Å². The molecule has 2 aromatic rings. The van der Waals surface area contributed by atoms with Gasteiger partial charge in [-0.1, -0.05) is 0 Å². The van der Waals surface area contributed by atoms with Crippen LogP contribution in [0.1, 0.15) is 17.0 Å². The average Bonchev–Trinajstić information content (AvgIpc) is 2.81. The maximum absolute atomic E-state index is 10.2. The van der Waals surface area contributed by atoms with Crippen molar-refractivity contribution in [3.8, 4) is 5.95 Å². The molecule has 0 aliphatic carbocycles. The highest BCUT2D eigenvalue weighted by Gasteiger charge is 2.10. The van der Waals surface area contributed by atoms with E-state index in [-0.39, 0.29) is 6.61 Å². The van der Waals surface area contributed by atoms with E-state index in [1.807, 2.05) is 13.8 Å². The third-order valence-corrected chi connectivity index (χ3v) is 2.26. The summed E-state index contributed by atoms with van der Waals surface area (Å²) in [6.45, 7) is 4.18. The van der Waals surface area contributed by atoms with Gasteiger partial charge in [-0.3, -0.25) is 4.79 Å². The predicted octanol–water partition coefficient (Wildman–Crippen LogP) is -0.258. The minimum atomic E-state index is 0.164. The van der Waals surface area contributed by atoms with Crippen molar-refractivity contribution in [3.05, 3.63) is 23.3 Å². The van der Waals surface area contributed by atoms with Crippen LogP contribution in [0.15, 0.2) is 6.33 Å². The van der Waals surface area contributed by atoms with E-state index in [9.17, 15) is 4.79 Å². The van der Waals surface area contributed by atoms with Gasteiger partial charge in [0.1, 0.15) is 12.9 Å². The summed E-state index contributed by atoms with van der Waals surface area (Å²) in [7, 11) is 0. The van der Waals surface area contributed by atoms with Crippen molar-refractivity contribution in [2.45, 2.75) is 20.5 Å². The van der Waals surface area contributed by atoms with Crippen molar-refractivity contribution < 1.29 is 9.53 Å². The van der Waals surface area contributed by atoms with E-state index in [4.69, 9.17) is 4.74 Å². The Bertz CT molecular complexity index is 501. The zero-order chi connectivity index (χ0) is 12.3. The molecule has 8 nitrogen and oxygen atoms in total. The summed E-state index contributed by atoms with van der Waals surface area (Å²) in [6, 6.07) is 0. The third-order valence-electron chi connectivity index (χ3n) is 2.26. The molecule has 0 fully saturated rings. The fraction of sp³-hybridized carbons (Fsp3) is 0.333. The van der Waals surface area contributed by atoms with Crippen LogP contribution < -0.4 is 0 Å². The van der Waals surface area contributed by atoms with Gasteiger partial charge in [0.05, 0.1) is 0 Å². The molecule has 88 valence electrons. The molecule has 0 amide bonds. The molecular formula is C9H10N6O2. The summed E-state index contributed by atoms with van der Waals surface area (Å²) in [5, 5.41) is 10.7. The number of nitrogens with zero attached hydrogens (tertiary/aromatic N) is 6. The quantitative estimate of drug-likeness (QED) is 0.672. The Balaban J connectivity index is 2.38. The van der Waals surface area contributed by atoms with Gasteiger partial charge in [0.2, 0.25) is 0 Å². The summed E-state index contributed by atoms with van der Waals surface area (Å²) in [5.41, 5.74) is 2.24. The number of aryl methyl sites for hydroxylation is 2. The fourth-order valence-electron chi connectivity index (χ4n) is 1.40. The molecule has 2 aromatic heterocycles. The first-order chi connectivity index (χ1) is 8.22. The summed E-state index contributed by atoms with van der Waals surface area (Å²) in [6.07, 6.45) is 1.41. The second-order valence-corrected chi connectivity index (χ2v) is 3.33. The van der Waals surface area contributed by atoms with Crippen LogP contribution in [0.25, 0.3) is 5.95 Å². The van der Waals surface area contributed by atoms with Gasteiger partial charge in [0, 0.05) is 17.0 Å². The molecule has 0 atom stereocenters. The molecular weight excluding hydrogens is 224 g/mol. The number of ether oxygens (including phenoxy) is 1. The van der Waals surface area contributed by atoms with Crippen LogP contribution in [0.2, 0.25) is 0 Å². The summed E-state index contributed by atoms with van der Waals surface area (Å²) in [5.74, 6) is 0.389. The van der Waals surface area contributed by atoms with Crippen LogP contribution >= 0.6 is 0 Å². The van der Waals surface area contributed by atoms with Gasteiger partial charge < -0.3 is 4.74 Å². The first kappa shape index (κ1) is 11.1. The third kappa shape index (κ3) is 2.25. The molecule has 0 unspecified atom stereocenters. The average molecular weight is 234 g/mol. The van der Waals surface area contributed by atoms with E-state index in [2.05, 4.69) is 25.5 Å². The van der Waals surface area contributed by atoms with Crippen molar-refractivity contribution >= 4 is 6.47 Å². The van der Waals surface area contributed by atoms with Gasteiger partial charge in [0.15, 0.2) is 0 Å². The first-order valence-electron chi connectivity index (χ1n) is 4.85. The molecule has 0 aromatic carbocycles. The first-order valence-corrected chi connectivity index (χ1v) is 4.85. The largest absolute Gasteiger partial charge is 0.463 e. The molecule has 0 aliphatic rings. The van der Waals surface area contributed by atoms with Gasteiger partial charge in [-0.2, -0.15) is 4.68 Å². The summed E-state index contributed by atoms with van der Waals surface area (Å²) < 4.78 is 6.07. The van der Waals surface area contributed by atoms with Crippen LogP contribution in [0.3, 0.4) is 0 Å². The number of hydrogen-bond acceptors (Lipinski definition) is 7. The molecule has 2 heterocycles. The summed E-state index contributed by atoms with van der Waals surface area (Å²) in [4.78, 5) is 18.6. The molecule has 0 spiro atoms. The highest BCUT2D eigenvalue weighted by atomic mass is 16.5. The molecule has 0 N–H and O–H groups in total. The minimum Gasteiger partial charge on any atom is -0.463 e. The van der Waals surface area contributed by atoms with Crippen LogP contribution in [0.5, 0.6) is 0 Å². The van der Waals surface area contributed by atoms with Gasteiger partial charge >= 0.3 is 0 Å². The Morgan fingerprint density at radius 2 is 2.06 bits per heavy atom. The highest BCUT2D eigenvalue weighted by molar-refractivity contribution is 5.38. The lowest BCUT2D eigenvalue weighted by molar-refractivity contribution is -0.129. The van der Waals surface area contributed by atoms with Crippen molar-refractivity contribution in [2.24, 2.45) is 0 Å². The minimum absolute atomic E-state index is 0.164. The molecule has 0 saturated carbocycles. The van der Waals surface area contributed by atoms with Crippen LogP contribution in [-0.2, 0) is 16.1 Å². The van der Waals surface area contributed by atoms with Gasteiger partial charge in [-0.15, -0.1) is 5.10 Å². The Morgan fingerprint density at radius 1 is 1.35 bits per heavy atom. The van der Waals surface area contributed by atoms with E-state index in [0.29, 0.717) is 12.4 Å². The van der Waals surface area contributed by atoms with Crippen molar-refractivity contribution in [2.75, 3.05) is 0 Å². The number of carbonyl (C=O) groups is 1. The maximum atomic E-state index is 10.2. The maximum Gasteiger partial charge on any atom is 0.293 e. The standard InChI is InChI=1S/C9H10N6O2/c1-6-8(3-17-5-16)7(2)12-9(11-6)15-4-10-13-14-15/h4-5H,3H2,1-2H3. The topological polar surface area (TPSA) is 95.7 Å². The molecule has 17 heavy (non-hydrogen) atoms. The lowest BCUT2D eigenvalue weighted by atomic mass is 10.2. The Hall–Kier alpha value is -2.38.